The summed E-state index contributed by atoms with van der Waals surface area (Å²) in [6.45, 7) is 0. The number of rotatable bonds is 2. The number of nitrogens with one attached hydrogen (secondary N) is 2. The van der Waals surface area contributed by atoms with E-state index in [0.29, 0.717) is 0 Å². The number of H-pyrrole nitrogens is 1. The topological polar surface area (TPSA) is 53.8 Å². The van der Waals surface area contributed by atoms with Crippen LogP contribution in [0.25, 0.3) is 0 Å². The highest BCUT2D eigenvalue weighted by Crippen LogP contribution is 2.14. The average Bonchev–Trinajstić information content (AvgIpc) is 2.34. The smallest absolute Gasteiger partial charge is 0.118 e. The van der Waals surface area contributed by atoms with Crippen LogP contribution in [0.15, 0.2) is 17.2 Å². The number of thioether (sulfide) groups is 1. The molecule has 1 aromatic rings. The molecule has 50 valence electrons. The van der Waals surface area contributed by atoms with E-state index in [0.717, 1.165) is 10.8 Å². The molecule has 0 atom stereocenters. The maximum Gasteiger partial charge on any atom is 0.118 e. The largest absolute Gasteiger partial charge is 0.336 e. The summed E-state index contributed by atoms with van der Waals surface area (Å²) in [4.78, 5) is 3.04. The van der Waals surface area contributed by atoms with Crippen LogP contribution in [0, 0.1) is 0 Å². The maximum atomic E-state index is 5.13. The molecule has 0 aliphatic carbocycles. The van der Waals surface area contributed by atoms with E-state index < -0.39 is 0 Å². The molecule has 0 aliphatic heterocycles. The molecule has 4 N–H and O–H groups in total. The maximum absolute atomic E-state index is 5.13. The molecule has 1 aromatic heterocycles. The SMILES string of the molecule is CSc1ccc(NN)[nH]1. The lowest BCUT2D eigenvalue weighted by Gasteiger charge is -1.91. The molecule has 0 spiro atoms. The quantitative estimate of drug-likeness (QED) is 0.329. The van der Waals surface area contributed by atoms with Gasteiger partial charge in [0, 0.05) is 0 Å². The molecule has 0 amide bonds. The van der Waals surface area contributed by atoms with Crippen molar-refractivity contribution in [1.82, 2.24) is 4.98 Å². The third-order valence-corrected chi connectivity index (χ3v) is 1.71. The van der Waals surface area contributed by atoms with Gasteiger partial charge in [0.25, 0.3) is 0 Å². The van der Waals surface area contributed by atoms with Crippen molar-refractivity contribution in [2.45, 2.75) is 5.03 Å². The fourth-order valence-electron chi connectivity index (χ4n) is 0.578. The minimum absolute atomic E-state index is 0.847. The Labute approximate surface area is 58.0 Å². The van der Waals surface area contributed by atoms with Crippen molar-refractivity contribution in [3.05, 3.63) is 12.1 Å². The minimum atomic E-state index is 0.847. The Kier molecular flexibility index (Phi) is 2.02. The fourth-order valence-corrected chi connectivity index (χ4v) is 0.994. The number of nitrogens with two attached hydrogens (primary N) is 1. The Morgan fingerprint density at radius 2 is 2.44 bits per heavy atom. The zero-order valence-corrected chi connectivity index (χ0v) is 5.96. The fraction of sp³-hybridized carbons (Fsp3) is 0.200. The summed E-state index contributed by atoms with van der Waals surface area (Å²) >= 11 is 1.65. The number of anilines is 1. The first kappa shape index (κ1) is 6.51. The van der Waals surface area contributed by atoms with E-state index in [2.05, 4.69) is 10.4 Å². The highest BCUT2D eigenvalue weighted by Gasteiger charge is 1.91. The van der Waals surface area contributed by atoms with Crippen molar-refractivity contribution in [2.75, 3.05) is 11.7 Å². The van der Waals surface area contributed by atoms with Crippen molar-refractivity contribution < 1.29 is 0 Å². The molecule has 0 fully saturated rings. The predicted octanol–water partition coefficient (Wildman–Crippen LogP) is 1.02. The van der Waals surface area contributed by atoms with Crippen molar-refractivity contribution in [3.63, 3.8) is 0 Å². The van der Waals surface area contributed by atoms with Gasteiger partial charge in [0.2, 0.25) is 0 Å². The van der Waals surface area contributed by atoms with E-state index in [-0.39, 0.29) is 0 Å². The van der Waals surface area contributed by atoms with E-state index in [9.17, 15) is 0 Å². The first-order valence-electron chi connectivity index (χ1n) is 2.56. The predicted molar refractivity (Wildman–Crippen MR) is 40.4 cm³/mol. The number of hydrogen-bond donors (Lipinski definition) is 3. The average molecular weight is 143 g/mol. The number of nitrogen functional groups attached to an aromatic ring is 1. The monoisotopic (exact) mass is 143 g/mol. The van der Waals surface area contributed by atoms with E-state index in [1.54, 1.807) is 11.8 Å². The van der Waals surface area contributed by atoms with Gasteiger partial charge in [-0.1, -0.05) is 0 Å². The molecule has 0 aromatic carbocycles. The lowest BCUT2D eigenvalue weighted by atomic mass is 10.6. The zero-order chi connectivity index (χ0) is 6.69. The first-order valence-corrected chi connectivity index (χ1v) is 3.79. The van der Waals surface area contributed by atoms with Gasteiger partial charge in [-0.25, -0.2) is 5.84 Å². The summed E-state index contributed by atoms with van der Waals surface area (Å²) < 4.78 is 0. The molecule has 0 unspecified atom stereocenters. The summed E-state index contributed by atoms with van der Waals surface area (Å²) in [6, 6.07) is 3.87. The first-order chi connectivity index (χ1) is 4.36. The molecular weight excluding hydrogens is 134 g/mol. The molecule has 0 saturated carbocycles. The second-order valence-electron chi connectivity index (χ2n) is 1.58. The zero-order valence-electron chi connectivity index (χ0n) is 5.14. The van der Waals surface area contributed by atoms with Crippen LogP contribution >= 0.6 is 11.8 Å². The standard InChI is InChI=1S/C5H9N3S/c1-9-5-3-2-4(7-5)8-6/h2-3,7-8H,6H2,1H3. The molecule has 1 rings (SSSR count). The summed E-state index contributed by atoms with van der Waals surface area (Å²) in [5.74, 6) is 5.97. The van der Waals surface area contributed by atoms with Crippen LogP contribution in [-0.4, -0.2) is 11.2 Å². The van der Waals surface area contributed by atoms with Gasteiger partial charge in [0.1, 0.15) is 5.82 Å². The van der Waals surface area contributed by atoms with Gasteiger partial charge in [0.05, 0.1) is 5.03 Å². The summed E-state index contributed by atoms with van der Waals surface area (Å²) in [7, 11) is 0. The van der Waals surface area contributed by atoms with E-state index >= 15 is 0 Å². The molecule has 0 aliphatic rings. The molecule has 4 heteroatoms. The Hall–Kier alpha value is -0.610. The van der Waals surface area contributed by atoms with Crippen LogP contribution in [0.3, 0.4) is 0 Å². The van der Waals surface area contributed by atoms with Gasteiger partial charge in [-0.15, -0.1) is 11.8 Å². The second kappa shape index (κ2) is 2.80. The minimum Gasteiger partial charge on any atom is -0.336 e. The summed E-state index contributed by atoms with van der Waals surface area (Å²) in [6.07, 6.45) is 2.01. The molecule has 0 saturated heterocycles. The number of hydrogen-bond acceptors (Lipinski definition) is 3. The van der Waals surface area contributed by atoms with Gasteiger partial charge >= 0.3 is 0 Å². The third kappa shape index (κ3) is 1.40. The second-order valence-corrected chi connectivity index (χ2v) is 2.43. The van der Waals surface area contributed by atoms with Crippen molar-refractivity contribution in [2.24, 2.45) is 5.84 Å². The van der Waals surface area contributed by atoms with E-state index in [1.165, 1.54) is 0 Å². The number of aromatic nitrogens is 1. The van der Waals surface area contributed by atoms with E-state index in [4.69, 9.17) is 5.84 Å². The molecule has 0 bridgehead atoms. The summed E-state index contributed by atoms with van der Waals surface area (Å²) in [5.41, 5.74) is 2.51. The Morgan fingerprint density at radius 3 is 2.78 bits per heavy atom. The van der Waals surface area contributed by atoms with Crippen molar-refractivity contribution in [1.29, 1.82) is 0 Å². The molecular formula is C5H9N3S. The third-order valence-electron chi connectivity index (χ3n) is 1.03. The normalized spacial score (nSPS) is 9.56. The Bertz CT molecular complexity index is 166. The summed E-state index contributed by atoms with van der Waals surface area (Å²) in [5, 5.41) is 1.11. The highest BCUT2D eigenvalue weighted by atomic mass is 32.2. The van der Waals surface area contributed by atoms with Gasteiger partial charge in [-0.2, -0.15) is 0 Å². The molecule has 3 nitrogen and oxygen atoms in total. The van der Waals surface area contributed by atoms with Gasteiger partial charge in [-0.05, 0) is 18.4 Å². The molecule has 9 heavy (non-hydrogen) atoms. The van der Waals surface area contributed by atoms with Gasteiger partial charge in [0.15, 0.2) is 0 Å². The van der Waals surface area contributed by atoms with E-state index in [1.807, 2.05) is 18.4 Å². The molecule has 0 radical (unpaired) electrons. The van der Waals surface area contributed by atoms with Crippen molar-refractivity contribution >= 4 is 17.6 Å². The number of aromatic amines is 1. The highest BCUT2D eigenvalue weighted by molar-refractivity contribution is 7.98. The van der Waals surface area contributed by atoms with Crippen LogP contribution in [-0.2, 0) is 0 Å². The van der Waals surface area contributed by atoms with Gasteiger partial charge < -0.3 is 10.4 Å². The molecule has 1 heterocycles. The Balaban J connectivity index is 2.74. The number of hydrazine groups is 1. The van der Waals surface area contributed by atoms with Crippen molar-refractivity contribution in [3.8, 4) is 0 Å². The van der Waals surface area contributed by atoms with Crippen LogP contribution < -0.4 is 11.3 Å². The van der Waals surface area contributed by atoms with Crippen LogP contribution in [0.5, 0.6) is 0 Å². The van der Waals surface area contributed by atoms with Gasteiger partial charge in [-0.3, -0.25) is 0 Å². The van der Waals surface area contributed by atoms with Crippen LogP contribution in [0.4, 0.5) is 5.82 Å². The lowest BCUT2D eigenvalue weighted by molar-refractivity contribution is 1.17. The lowest BCUT2D eigenvalue weighted by Crippen LogP contribution is -2.06. The Morgan fingerprint density at radius 1 is 1.67 bits per heavy atom. The van der Waals surface area contributed by atoms with Crippen LogP contribution in [0.1, 0.15) is 0 Å². The van der Waals surface area contributed by atoms with Crippen LogP contribution in [0.2, 0.25) is 0 Å².